The number of para-hydroxylation sites is 1. The summed E-state index contributed by atoms with van der Waals surface area (Å²) in [4.78, 5) is 33.8. The first-order chi connectivity index (χ1) is 14.5. The molecule has 0 fully saturated rings. The zero-order chi connectivity index (χ0) is 21.1. The van der Waals surface area contributed by atoms with Crippen LogP contribution in [-0.4, -0.2) is 27.9 Å². The highest BCUT2D eigenvalue weighted by atomic mass is 32.1. The standard InChI is InChI=1S/C22H19N3O4S/c1-3-17(29-21(27)15-5-4-6-18-19(15)23-12-28-18)20(26)25-22-24-16(11-30-22)14-9-7-13(2)8-10-14/h4-12,17H,3H2,1-2H3,(H,24,25,26). The maximum Gasteiger partial charge on any atom is 0.341 e. The molecule has 0 aliphatic heterocycles. The van der Waals surface area contributed by atoms with Gasteiger partial charge in [-0.1, -0.05) is 42.8 Å². The lowest BCUT2D eigenvalue weighted by molar-refractivity contribution is -0.124. The van der Waals surface area contributed by atoms with Crippen molar-refractivity contribution in [1.29, 1.82) is 0 Å². The van der Waals surface area contributed by atoms with Gasteiger partial charge in [-0.3, -0.25) is 10.1 Å². The molecule has 0 saturated heterocycles. The van der Waals surface area contributed by atoms with E-state index in [0.717, 1.165) is 16.8 Å². The van der Waals surface area contributed by atoms with E-state index < -0.39 is 18.0 Å². The van der Waals surface area contributed by atoms with Gasteiger partial charge in [-0.2, -0.15) is 0 Å². The molecule has 0 saturated carbocycles. The van der Waals surface area contributed by atoms with Crippen molar-refractivity contribution >= 4 is 39.4 Å². The summed E-state index contributed by atoms with van der Waals surface area (Å²) in [7, 11) is 0. The molecule has 2 aromatic carbocycles. The Hall–Kier alpha value is -3.52. The summed E-state index contributed by atoms with van der Waals surface area (Å²) >= 11 is 1.32. The Bertz CT molecular complexity index is 1200. The molecule has 4 aromatic rings. The van der Waals surface area contributed by atoms with Gasteiger partial charge in [-0.25, -0.2) is 14.8 Å². The summed E-state index contributed by atoms with van der Waals surface area (Å²) < 4.78 is 10.7. The average molecular weight is 421 g/mol. The number of carbonyl (C=O) groups is 2. The van der Waals surface area contributed by atoms with Gasteiger partial charge in [-0.05, 0) is 25.5 Å². The fraction of sp³-hybridized carbons (Fsp3) is 0.182. The van der Waals surface area contributed by atoms with Gasteiger partial charge < -0.3 is 9.15 Å². The summed E-state index contributed by atoms with van der Waals surface area (Å²) in [5, 5.41) is 5.06. The Balaban J connectivity index is 1.45. The zero-order valence-corrected chi connectivity index (χ0v) is 17.2. The van der Waals surface area contributed by atoms with Gasteiger partial charge in [-0.15, -0.1) is 11.3 Å². The number of hydrogen-bond donors (Lipinski definition) is 1. The number of thiazole rings is 1. The zero-order valence-electron chi connectivity index (χ0n) is 16.4. The molecular weight excluding hydrogens is 402 g/mol. The van der Waals surface area contributed by atoms with Crippen LogP contribution >= 0.6 is 11.3 Å². The highest BCUT2D eigenvalue weighted by Crippen LogP contribution is 2.25. The number of benzene rings is 2. The third-order valence-electron chi connectivity index (χ3n) is 4.57. The van der Waals surface area contributed by atoms with Crippen molar-refractivity contribution in [2.75, 3.05) is 5.32 Å². The number of esters is 1. The minimum absolute atomic E-state index is 0.253. The van der Waals surface area contributed by atoms with Crippen LogP contribution in [0.2, 0.25) is 0 Å². The number of oxazole rings is 1. The second kappa shape index (κ2) is 8.46. The molecule has 8 heteroatoms. The van der Waals surface area contributed by atoms with E-state index in [4.69, 9.17) is 9.15 Å². The number of anilines is 1. The van der Waals surface area contributed by atoms with E-state index in [2.05, 4.69) is 15.3 Å². The van der Waals surface area contributed by atoms with Crippen molar-refractivity contribution in [2.24, 2.45) is 0 Å². The molecule has 152 valence electrons. The summed E-state index contributed by atoms with van der Waals surface area (Å²) in [5.41, 5.74) is 4.04. The van der Waals surface area contributed by atoms with Gasteiger partial charge in [0.1, 0.15) is 5.52 Å². The molecule has 1 amide bonds. The highest BCUT2D eigenvalue weighted by Gasteiger charge is 2.24. The van der Waals surface area contributed by atoms with Crippen LogP contribution in [0.3, 0.4) is 0 Å². The molecule has 0 spiro atoms. The molecule has 4 rings (SSSR count). The molecule has 2 aromatic heterocycles. The van der Waals surface area contributed by atoms with Crippen LogP contribution in [0.25, 0.3) is 22.4 Å². The minimum Gasteiger partial charge on any atom is -0.449 e. The summed E-state index contributed by atoms with van der Waals surface area (Å²) in [6, 6.07) is 13.0. The van der Waals surface area contributed by atoms with Gasteiger partial charge in [0.2, 0.25) is 0 Å². The van der Waals surface area contributed by atoms with E-state index >= 15 is 0 Å². The Morgan fingerprint density at radius 1 is 1.20 bits per heavy atom. The third kappa shape index (κ3) is 4.08. The van der Waals surface area contributed by atoms with Gasteiger partial charge in [0, 0.05) is 10.9 Å². The topological polar surface area (TPSA) is 94.3 Å². The molecular formula is C22H19N3O4S. The number of carbonyl (C=O) groups excluding carboxylic acids is 2. The van der Waals surface area contributed by atoms with Crippen molar-refractivity contribution in [1.82, 2.24) is 9.97 Å². The second-order valence-corrected chi connectivity index (χ2v) is 7.56. The molecule has 2 heterocycles. The number of rotatable bonds is 6. The Kier molecular flexibility index (Phi) is 5.58. The quantitative estimate of drug-likeness (QED) is 0.448. The monoisotopic (exact) mass is 421 g/mol. The summed E-state index contributed by atoms with van der Waals surface area (Å²) in [5.74, 6) is -1.06. The number of nitrogens with zero attached hydrogens (tertiary/aromatic N) is 2. The lowest BCUT2D eigenvalue weighted by Crippen LogP contribution is -2.32. The van der Waals surface area contributed by atoms with Crippen molar-refractivity contribution < 1.29 is 18.7 Å². The molecule has 0 aliphatic carbocycles. The van der Waals surface area contributed by atoms with E-state index in [9.17, 15) is 9.59 Å². The second-order valence-electron chi connectivity index (χ2n) is 6.70. The number of ether oxygens (including phenoxy) is 1. The van der Waals surface area contributed by atoms with E-state index in [0.29, 0.717) is 22.7 Å². The fourth-order valence-electron chi connectivity index (χ4n) is 2.94. The van der Waals surface area contributed by atoms with E-state index in [1.165, 1.54) is 17.7 Å². The summed E-state index contributed by atoms with van der Waals surface area (Å²) in [6.07, 6.45) is 0.633. The number of aromatic nitrogens is 2. The fourth-order valence-corrected chi connectivity index (χ4v) is 3.66. The molecule has 0 aliphatic rings. The normalized spacial score (nSPS) is 11.9. The Morgan fingerprint density at radius 2 is 2.00 bits per heavy atom. The number of amides is 1. The molecule has 0 radical (unpaired) electrons. The van der Waals surface area contributed by atoms with Crippen LogP contribution in [0.5, 0.6) is 0 Å². The molecule has 0 bridgehead atoms. The van der Waals surface area contributed by atoms with Gasteiger partial charge in [0.15, 0.2) is 23.2 Å². The highest BCUT2D eigenvalue weighted by molar-refractivity contribution is 7.14. The minimum atomic E-state index is -0.952. The van der Waals surface area contributed by atoms with E-state index in [-0.39, 0.29) is 5.56 Å². The lowest BCUT2D eigenvalue weighted by atomic mass is 10.1. The van der Waals surface area contributed by atoms with Crippen molar-refractivity contribution in [2.45, 2.75) is 26.4 Å². The first-order valence-electron chi connectivity index (χ1n) is 9.41. The van der Waals surface area contributed by atoms with Crippen LogP contribution in [0, 0.1) is 6.92 Å². The number of nitrogens with one attached hydrogen (secondary N) is 1. The van der Waals surface area contributed by atoms with E-state index in [1.807, 2.05) is 36.6 Å². The maximum absolute atomic E-state index is 12.7. The van der Waals surface area contributed by atoms with Crippen molar-refractivity contribution in [3.05, 3.63) is 65.4 Å². The lowest BCUT2D eigenvalue weighted by Gasteiger charge is -2.15. The summed E-state index contributed by atoms with van der Waals surface area (Å²) in [6.45, 7) is 3.79. The Morgan fingerprint density at radius 3 is 2.77 bits per heavy atom. The average Bonchev–Trinajstić information content (AvgIpc) is 3.41. The number of fused-ring (bicyclic) bond motifs is 1. The van der Waals surface area contributed by atoms with Crippen LogP contribution in [0.4, 0.5) is 5.13 Å². The van der Waals surface area contributed by atoms with Crippen LogP contribution in [-0.2, 0) is 9.53 Å². The SMILES string of the molecule is CCC(OC(=O)c1cccc2ocnc12)C(=O)Nc1nc(-c2ccc(C)cc2)cs1. The first-order valence-corrected chi connectivity index (χ1v) is 10.3. The maximum atomic E-state index is 12.7. The van der Waals surface area contributed by atoms with Crippen LogP contribution in [0.1, 0.15) is 29.3 Å². The first kappa shape index (κ1) is 19.8. The van der Waals surface area contributed by atoms with Gasteiger partial charge in [0.25, 0.3) is 5.91 Å². The molecule has 1 N–H and O–H groups in total. The largest absolute Gasteiger partial charge is 0.449 e. The molecule has 1 unspecified atom stereocenters. The Labute approximate surface area is 176 Å². The third-order valence-corrected chi connectivity index (χ3v) is 5.33. The van der Waals surface area contributed by atoms with Gasteiger partial charge in [0.05, 0.1) is 11.3 Å². The molecule has 7 nitrogen and oxygen atoms in total. The van der Waals surface area contributed by atoms with Crippen molar-refractivity contribution in [3.63, 3.8) is 0 Å². The molecule has 1 atom stereocenters. The number of hydrogen-bond acceptors (Lipinski definition) is 7. The predicted octanol–water partition coefficient (Wildman–Crippen LogP) is 4.83. The van der Waals surface area contributed by atoms with E-state index in [1.54, 1.807) is 25.1 Å². The predicted molar refractivity (Wildman–Crippen MR) is 114 cm³/mol. The molecule has 30 heavy (non-hydrogen) atoms. The van der Waals surface area contributed by atoms with Crippen molar-refractivity contribution in [3.8, 4) is 11.3 Å². The van der Waals surface area contributed by atoms with Crippen LogP contribution < -0.4 is 5.32 Å². The van der Waals surface area contributed by atoms with Crippen LogP contribution in [0.15, 0.2) is 58.7 Å². The number of aryl methyl sites for hydroxylation is 1. The van der Waals surface area contributed by atoms with Gasteiger partial charge >= 0.3 is 5.97 Å². The smallest absolute Gasteiger partial charge is 0.341 e.